The van der Waals surface area contributed by atoms with E-state index in [9.17, 15) is 13.2 Å². The quantitative estimate of drug-likeness (QED) is 0.685. The second-order valence-corrected chi connectivity index (χ2v) is 8.27. The smallest absolute Gasteiger partial charge is 0.251 e. The summed E-state index contributed by atoms with van der Waals surface area (Å²) in [6.45, 7) is -0.0334. The molecule has 0 saturated carbocycles. The van der Waals surface area contributed by atoms with Crippen LogP contribution in [0.4, 0.5) is 0 Å². The molecule has 0 radical (unpaired) electrons. The summed E-state index contributed by atoms with van der Waals surface area (Å²) in [6.07, 6.45) is 1.41. The van der Waals surface area contributed by atoms with Crippen LogP contribution in [-0.4, -0.2) is 27.7 Å². The number of hydrogen-bond donors (Lipinski definition) is 1. The zero-order chi connectivity index (χ0) is 19.6. The molecule has 2 aromatic carbocycles. The number of carbonyl (C=O) groups excluding carboxylic acids is 1. The Balaban J connectivity index is 1.56. The lowest BCUT2D eigenvalue weighted by atomic mass is 10.2. The van der Waals surface area contributed by atoms with Gasteiger partial charge in [0.15, 0.2) is 21.3 Å². The van der Waals surface area contributed by atoms with E-state index in [1.165, 1.54) is 18.4 Å². The van der Waals surface area contributed by atoms with Crippen molar-refractivity contribution in [1.29, 1.82) is 0 Å². The Labute approximate surface area is 161 Å². The Morgan fingerprint density at radius 1 is 1.00 bits per heavy atom. The summed E-state index contributed by atoms with van der Waals surface area (Å²) < 4.78 is 42.0. The van der Waals surface area contributed by atoms with Gasteiger partial charge >= 0.3 is 0 Å². The molecule has 0 saturated heterocycles. The highest BCUT2D eigenvalue weighted by Gasteiger charge is 2.32. The molecule has 2 heterocycles. The third-order valence-electron chi connectivity index (χ3n) is 4.39. The molecule has 28 heavy (non-hydrogen) atoms. The summed E-state index contributed by atoms with van der Waals surface area (Å²) in [5, 5.41) is 1.63. The van der Waals surface area contributed by atoms with Gasteiger partial charge in [0, 0.05) is 12.1 Å². The van der Waals surface area contributed by atoms with Crippen LogP contribution in [0.15, 0.2) is 76.2 Å². The van der Waals surface area contributed by atoms with Gasteiger partial charge in [0.25, 0.3) is 5.91 Å². The molecule has 1 atom stereocenters. The van der Waals surface area contributed by atoms with Crippen LogP contribution in [0.2, 0.25) is 0 Å². The highest BCUT2D eigenvalue weighted by Crippen LogP contribution is 2.33. The van der Waals surface area contributed by atoms with E-state index in [0.717, 1.165) is 0 Å². The summed E-state index contributed by atoms with van der Waals surface area (Å²) in [6, 6.07) is 16.1. The topological polar surface area (TPSA) is 94.8 Å². The molecule has 0 unspecified atom stereocenters. The standard InChI is InChI=1S/C20H17NO6S/c22-20(14-8-9-16-18(11-14)27-13-26-16)21-12-19(17-7-4-10-25-17)28(23,24)15-5-2-1-3-6-15/h1-11,19H,12-13H2,(H,21,22)/t19-/m0/s1. The van der Waals surface area contributed by atoms with Crippen LogP contribution in [0.25, 0.3) is 0 Å². The van der Waals surface area contributed by atoms with Crippen molar-refractivity contribution >= 4 is 15.7 Å². The molecular formula is C20H17NO6S. The molecule has 0 aliphatic carbocycles. The van der Waals surface area contributed by atoms with E-state index >= 15 is 0 Å². The first-order valence-corrected chi connectivity index (χ1v) is 10.1. The molecular weight excluding hydrogens is 382 g/mol. The molecule has 4 rings (SSSR count). The second-order valence-electron chi connectivity index (χ2n) is 6.14. The van der Waals surface area contributed by atoms with Crippen molar-refractivity contribution in [3.8, 4) is 11.5 Å². The van der Waals surface area contributed by atoms with E-state index in [1.807, 2.05) is 0 Å². The van der Waals surface area contributed by atoms with Gasteiger partial charge in [-0.2, -0.15) is 0 Å². The zero-order valence-electron chi connectivity index (χ0n) is 14.7. The highest BCUT2D eigenvalue weighted by molar-refractivity contribution is 7.91. The first-order valence-electron chi connectivity index (χ1n) is 8.56. The normalized spacial score (nSPS) is 13.9. The molecule has 8 heteroatoms. The molecule has 1 N–H and O–H groups in total. The summed E-state index contributed by atoms with van der Waals surface area (Å²) in [4.78, 5) is 12.7. The maximum absolute atomic E-state index is 13.1. The van der Waals surface area contributed by atoms with Gasteiger partial charge in [-0.25, -0.2) is 8.42 Å². The first-order chi connectivity index (χ1) is 13.6. The van der Waals surface area contributed by atoms with E-state index < -0.39 is 21.0 Å². The molecule has 0 bridgehead atoms. The van der Waals surface area contributed by atoms with Crippen molar-refractivity contribution in [3.63, 3.8) is 0 Å². The average molecular weight is 399 g/mol. The molecule has 7 nitrogen and oxygen atoms in total. The van der Waals surface area contributed by atoms with Crippen molar-refractivity contribution in [1.82, 2.24) is 5.32 Å². The molecule has 1 amide bonds. The van der Waals surface area contributed by atoms with E-state index in [1.54, 1.807) is 48.5 Å². The maximum Gasteiger partial charge on any atom is 0.251 e. The van der Waals surface area contributed by atoms with Crippen molar-refractivity contribution in [2.75, 3.05) is 13.3 Å². The number of ether oxygens (including phenoxy) is 2. The van der Waals surface area contributed by atoms with Crippen LogP contribution < -0.4 is 14.8 Å². The lowest BCUT2D eigenvalue weighted by Gasteiger charge is -2.17. The lowest BCUT2D eigenvalue weighted by Crippen LogP contribution is -2.31. The number of furan rings is 1. The van der Waals surface area contributed by atoms with Crippen LogP contribution in [0, 0.1) is 0 Å². The maximum atomic E-state index is 13.1. The molecule has 0 fully saturated rings. The van der Waals surface area contributed by atoms with Crippen LogP contribution in [-0.2, 0) is 9.84 Å². The minimum Gasteiger partial charge on any atom is -0.468 e. The predicted molar refractivity (Wildman–Crippen MR) is 100.0 cm³/mol. The number of benzene rings is 2. The fraction of sp³-hybridized carbons (Fsp3) is 0.150. The predicted octanol–water partition coefficient (Wildman–Crippen LogP) is 2.95. The third kappa shape index (κ3) is 3.46. The number of hydrogen-bond acceptors (Lipinski definition) is 6. The van der Waals surface area contributed by atoms with Gasteiger partial charge in [0.05, 0.1) is 11.2 Å². The monoisotopic (exact) mass is 399 g/mol. The number of fused-ring (bicyclic) bond motifs is 1. The van der Waals surface area contributed by atoms with E-state index in [-0.39, 0.29) is 24.0 Å². The van der Waals surface area contributed by atoms with Gasteiger partial charge in [-0.05, 0) is 42.5 Å². The third-order valence-corrected chi connectivity index (χ3v) is 6.47. The molecule has 1 aliphatic rings. The van der Waals surface area contributed by atoms with E-state index in [0.29, 0.717) is 17.1 Å². The second kappa shape index (κ2) is 7.40. The van der Waals surface area contributed by atoms with Gasteiger partial charge in [-0.15, -0.1) is 0 Å². The van der Waals surface area contributed by atoms with Gasteiger partial charge < -0.3 is 19.2 Å². The SMILES string of the molecule is O=C(NC[C@@H](c1ccco1)S(=O)(=O)c1ccccc1)c1ccc2c(c1)OCO2. The van der Waals surface area contributed by atoms with Crippen molar-refractivity contribution in [2.45, 2.75) is 10.1 Å². The molecule has 144 valence electrons. The number of nitrogens with one attached hydrogen (secondary N) is 1. The van der Waals surface area contributed by atoms with Crippen LogP contribution in [0.3, 0.4) is 0 Å². The van der Waals surface area contributed by atoms with Crippen molar-refractivity contribution in [3.05, 3.63) is 78.3 Å². The Morgan fingerprint density at radius 3 is 2.54 bits per heavy atom. The summed E-state index contributed by atoms with van der Waals surface area (Å²) in [5.74, 6) is 0.886. The fourth-order valence-corrected chi connectivity index (χ4v) is 4.55. The van der Waals surface area contributed by atoms with Gasteiger partial charge in [0.2, 0.25) is 6.79 Å². The summed E-state index contributed by atoms with van der Waals surface area (Å²) in [5.41, 5.74) is 0.347. The molecule has 1 aromatic heterocycles. The summed E-state index contributed by atoms with van der Waals surface area (Å²) in [7, 11) is -3.76. The number of rotatable bonds is 6. The van der Waals surface area contributed by atoms with Gasteiger partial charge in [-0.1, -0.05) is 18.2 Å². The van der Waals surface area contributed by atoms with Crippen LogP contribution >= 0.6 is 0 Å². The minimum absolute atomic E-state index is 0.107. The highest BCUT2D eigenvalue weighted by atomic mass is 32.2. The van der Waals surface area contributed by atoms with Gasteiger partial charge in [-0.3, -0.25) is 4.79 Å². The zero-order valence-corrected chi connectivity index (χ0v) is 15.5. The van der Waals surface area contributed by atoms with Crippen molar-refractivity contribution in [2.24, 2.45) is 0 Å². The number of sulfone groups is 1. The average Bonchev–Trinajstić information content (AvgIpc) is 3.40. The Hall–Kier alpha value is -3.26. The van der Waals surface area contributed by atoms with E-state index in [4.69, 9.17) is 13.9 Å². The van der Waals surface area contributed by atoms with Crippen molar-refractivity contribution < 1.29 is 27.1 Å². The Bertz CT molecular complexity index is 1080. The van der Waals surface area contributed by atoms with Gasteiger partial charge in [0.1, 0.15) is 11.0 Å². The minimum atomic E-state index is -3.76. The number of amides is 1. The largest absolute Gasteiger partial charge is 0.468 e. The Kier molecular flexibility index (Phi) is 4.79. The molecule has 0 spiro atoms. The number of carbonyl (C=O) groups is 1. The molecule has 3 aromatic rings. The van der Waals surface area contributed by atoms with E-state index in [2.05, 4.69) is 5.32 Å². The lowest BCUT2D eigenvalue weighted by molar-refractivity contribution is 0.0952. The molecule has 1 aliphatic heterocycles. The van der Waals surface area contributed by atoms with Crippen LogP contribution in [0.5, 0.6) is 11.5 Å². The van der Waals surface area contributed by atoms with Crippen LogP contribution in [0.1, 0.15) is 21.4 Å². The summed E-state index contributed by atoms with van der Waals surface area (Å²) >= 11 is 0. The fourth-order valence-electron chi connectivity index (χ4n) is 2.94. The first kappa shape index (κ1) is 18.1. The Morgan fingerprint density at radius 2 is 1.79 bits per heavy atom.